The van der Waals surface area contributed by atoms with Gasteiger partial charge in [-0.2, -0.15) is 21.6 Å². The van der Waals surface area contributed by atoms with E-state index in [0.29, 0.717) is 33.3 Å². The van der Waals surface area contributed by atoms with E-state index in [9.17, 15) is 21.6 Å². The summed E-state index contributed by atoms with van der Waals surface area (Å²) in [5.74, 6) is -0.528. The van der Waals surface area contributed by atoms with Gasteiger partial charge in [0.1, 0.15) is 11.3 Å². The molecule has 0 saturated heterocycles. The molecule has 10 aromatic rings. The monoisotopic (exact) mass is 800 g/mol. The van der Waals surface area contributed by atoms with Gasteiger partial charge in [-0.3, -0.25) is 0 Å². The topological polar surface area (TPSA) is 63.0 Å². The highest BCUT2D eigenvalue weighted by molar-refractivity contribution is 7.88. The standard InChI is InChI=1S/C49H31F3N2O4S/c50-49(51,52)59(55,56)58-39-30-44-43-29-38(53(35-16-3-1-4-17-35)45-28-34-15-9-10-20-40(34)41-21-11-12-22-42(41)45)25-26-47(43)57-48(44)46(31-39)54(36-18-5-2-6-19-36)37-24-23-32-13-7-8-14-33(32)27-37/h1-31H. The third kappa shape index (κ3) is 6.34. The maximum absolute atomic E-state index is 13.9. The molecule has 0 spiro atoms. The first-order chi connectivity index (χ1) is 28.6. The van der Waals surface area contributed by atoms with Crippen LogP contribution in [-0.2, 0) is 10.1 Å². The lowest BCUT2D eigenvalue weighted by Gasteiger charge is -2.27. The Morgan fingerprint density at radius 2 is 1.00 bits per heavy atom. The summed E-state index contributed by atoms with van der Waals surface area (Å²) >= 11 is 0. The number of rotatable bonds is 8. The van der Waals surface area contributed by atoms with Gasteiger partial charge < -0.3 is 18.4 Å². The number of alkyl halides is 3. The van der Waals surface area contributed by atoms with Crippen LogP contribution in [0.15, 0.2) is 192 Å². The van der Waals surface area contributed by atoms with Crippen LogP contribution in [0.2, 0.25) is 0 Å². The number of para-hydroxylation sites is 2. The largest absolute Gasteiger partial charge is 0.534 e. The number of hydrogen-bond acceptors (Lipinski definition) is 6. The Bertz CT molecular complexity index is 3330. The van der Waals surface area contributed by atoms with Gasteiger partial charge in [0.15, 0.2) is 5.58 Å². The lowest BCUT2D eigenvalue weighted by atomic mass is 9.99. The summed E-state index contributed by atoms with van der Waals surface area (Å²) in [4.78, 5) is 3.95. The fourth-order valence-corrected chi connectivity index (χ4v) is 8.34. The van der Waals surface area contributed by atoms with E-state index in [1.54, 1.807) is 0 Å². The van der Waals surface area contributed by atoms with Gasteiger partial charge in [-0.15, -0.1) is 0 Å². The van der Waals surface area contributed by atoms with E-state index < -0.39 is 21.4 Å². The summed E-state index contributed by atoms with van der Waals surface area (Å²) in [6.07, 6.45) is 0. The Labute approximate surface area is 336 Å². The van der Waals surface area contributed by atoms with Crippen molar-refractivity contribution in [2.75, 3.05) is 9.80 Å². The van der Waals surface area contributed by atoms with Gasteiger partial charge in [-0.05, 0) is 93.7 Å². The highest BCUT2D eigenvalue weighted by Gasteiger charge is 2.48. The Morgan fingerprint density at radius 3 is 1.69 bits per heavy atom. The maximum atomic E-state index is 13.9. The lowest BCUT2D eigenvalue weighted by Crippen LogP contribution is -2.28. The molecular weight excluding hydrogens is 770 g/mol. The first-order valence-electron chi connectivity index (χ1n) is 18.7. The second-order valence-electron chi connectivity index (χ2n) is 14.1. The van der Waals surface area contributed by atoms with Gasteiger partial charge >= 0.3 is 15.6 Å². The third-order valence-electron chi connectivity index (χ3n) is 10.5. The first-order valence-corrected chi connectivity index (χ1v) is 20.1. The first kappa shape index (κ1) is 36.1. The van der Waals surface area contributed by atoms with Crippen molar-refractivity contribution in [2.24, 2.45) is 0 Å². The molecule has 6 nitrogen and oxygen atoms in total. The van der Waals surface area contributed by atoms with Crippen molar-refractivity contribution in [3.05, 3.63) is 188 Å². The summed E-state index contributed by atoms with van der Waals surface area (Å²) in [6.45, 7) is 0. The SMILES string of the molecule is O=S(=O)(Oc1cc(N(c2ccccc2)c2ccc3ccccc3c2)c2oc3ccc(N(c4ccccc4)c4cc5ccccc5c5ccccc45)cc3c2c1)C(F)(F)F. The summed E-state index contributed by atoms with van der Waals surface area (Å²) in [7, 11) is -6.05. The number of fused-ring (bicyclic) bond motifs is 7. The summed E-state index contributed by atoms with van der Waals surface area (Å²) in [5.41, 5.74) is -0.822. The highest BCUT2D eigenvalue weighted by atomic mass is 32.2. The van der Waals surface area contributed by atoms with E-state index in [0.717, 1.165) is 49.4 Å². The summed E-state index contributed by atoms with van der Waals surface area (Å²) in [6, 6.07) is 59.5. The number of anilines is 6. The van der Waals surface area contributed by atoms with Crippen molar-refractivity contribution >= 4 is 98.5 Å². The second-order valence-corrected chi connectivity index (χ2v) is 15.7. The van der Waals surface area contributed by atoms with Crippen LogP contribution in [0.5, 0.6) is 5.75 Å². The minimum atomic E-state index is -6.05. The van der Waals surface area contributed by atoms with E-state index in [1.165, 1.54) is 12.1 Å². The average molecular weight is 801 g/mol. The van der Waals surface area contributed by atoms with Crippen molar-refractivity contribution in [1.82, 2.24) is 0 Å². The molecule has 0 saturated carbocycles. The maximum Gasteiger partial charge on any atom is 0.534 e. The number of benzene rings is 9. The van der Waals surface area contributed by atoms with Crippen LogP contribution in [0, 0.1) is 0 Å². The molecule has 0 atom stereocenters. The molecule has 0 aliphatic carbocycles. The number of nitrogens with zero attached hydrogens (tertiary/aromatic N) is 2. The van der Waals surface area contributed by atoms with E-state index >= 15 is 0 Å². The average Bonchev–Trinajstić information content (AvgIpc) is 3.62. The van der Waals surface area contributed by atoms with Crippen LogP contribution in [-0.4, -0.2) is 13.9 Å². The van der Waals surface area contributed by atoms with Crippen molar-refractivity contribution in [3.63, 3.8) is 0 Å². The van der Waals surface area contributed by atoms with Crippen molar-refractivity contribution in [1.29, 1.82) is 0 Å². The quantitative estimate of drug-likeness (QED) is 0.0866. The van der Waals surface area contributed by atoms with Crippen LogP contribution in [0.4, 0.5) is 47.3 Å². The predicted molar refractivity (Wildman–Crippen MR) is 231 cm³/mol. The zero-order valence-corrected chi connectivity index (χ0v) is 31.8. The van der Waals surface area contributed by atoms with Crippen LogP contribution < -0.4 is 14.0 Å². The van der Waals surface area contributed by atoms with Crippen LogP contribution in [0.25, 0.3) is 54.3 Å². The molecule has 1 heterocycles. The molecule has 0 aliphatic rings. The molecule has 0 fully saturated rings. The van der Waals surface area contributed by atoms with Gasteiger partial charge in [-0.1, -0.05) is 115 Å². The minimum absolute atomic E-state index is 0.273. The number of furan rings is 1. The number of hydrogen-bond donors (Lipinski definition) is 0. The van der Waals surface area contributed by atoms with E-state index in [1.807, 2.05) is 150 Å². The molecule has 0 unspecified atom stereocenters. The molecule has 0 N–H and O–H groups in total. The fourth-order valence-electron chi connectivity index (χ4n) is 7.89. The molecule has 0 amide bonds. The molecule has 59 heavy (non-hydrogen) atoms. The van der Waals surface area contributed by atoms with Crippen LogP contribution >= 0.6 is 0 Å². The van der Waals surface area contributed by atoms with Gasteiger partial charge in [0.05, 0.1) is 11.4 Å². The fraction of sp³-hybridized carbons (Fsp3) is 0.0204. The normalized spacial score (nSPS) is 12.1. The molecule has 0 aliphatic heterocycles. The van der Waals surface area contributed by atoms with Crippen LogP contribution in [0.3, 0.4) is 0 Å². The molecular formula is C49H31F3N2O4S. The second kappa shape index (κ2) is 14.0. The molecule has 10 rings (SSSR count). The molecule has 1 aromatic heterocycles. The molecule has 0 bridgehead atoms. The Balaban J connectivity index is 1.25. The van der Waals surface area contributed by atoms with Crippen molar-refractivity contribution < 1.29 is 30.2 Å². The predicted octanol–water partition coefficient (Wildman–Crippen LogP) is 14.2. The Morgan fingerprint density at radius 1 is 0.441 bits per heavy atom. The lowest BCUT2D eigenvalue weighted by molar-refractivity contribution is -0.0500. The third-order valence-corrected chi connectivity index (χ3v) is 11.5. The van der Waals surface area contributed by atoms with Crippen LogP contribution in [0.1, 0.15) is 0 Å². The summed E-state index contributed by atoms with van der Waals surface area (Å²) in [5, 5.41) is 7.03. The summed E-state index contributed by atoms with van der Waals surface area (Å²) < 4.78 is 78.4. The van der Waals surface area contributed by atoms with Gasteiger partial charge in [0.2, 0.25) is 0 Å². The molecule has 9 aromatic carbocycles. The smallest absolute Gasteiger partial charge is 0.454 e. The molecule has 0 radical (unpaired) electrons. The van der Waals surface area contributed by atoms with E-state index in [4.69, 9.17) is 8.60 Å². The minimum Gasteiger partial charge on any atom is -0.454 e. The zero-order chi connectivity index (χ0) is 40.3. The number of halogens is 3. The Kier molecular flexibility index (Phi) is 8.54. The Hall–Kier alpha value is -7.30. The van der Waals surface area contributed by atoms with E-state index in [-0.39, 0.29) is 5.69 Å². The van der Waals surface area contributed by atoms with Crippen molar-refractivity contribution in [2.45, 2.75) is 5.51 Å². The van der Waals surface area contributed by atoms with Gasteiger partial charge in [0.25, 0.3) is 0 Å². The van der Waals surface area contributed by atoms with E-state index in [2.05, 4.69) is 35.2 Å². The van der Waals surface area contributed by atoms with Crippen molar-refractivity contribution in [3.8, 4) is 5.75 Å². The zero-order valence-electron chi connectivity index (χ0n) is 31.0. The molecule has 288 valence electrons. The highest BCUT2D eigenvalue weighted by Crippen LogP contribution is 2.48. The molecule has 10 heteroatoms. The van der Waals surface area contributed by atoms with Gasteiger partial charge in [0, 0.05) is 45.0 Å². The van der Waals surface area contributed by atoms with Gasteiger partial charge in [-0.25, -0.2) is 0 Å².